The minimum Gasteiger partial charge on any atom is -0.437 e. The van der Waals surface area contributed by atoms with Crippen molar-refractivity contribution >= 4 is 34.9 Å². The summed E-state index contributed by atoms with van der Waals surface area (Å²) in [7, 11) is 0. The van der Waals surface area contributed by atoms with Gasteiger partial charge in [0.15, 0.2) is 0 Å². The highest BCUT2D eigenvalue weighted by Crippen LogP contribution is 2.32. The normalized spacial score (nSPS) is 10.1. The summed E-state index contributed by atoms with van der Waals surface area (Å²) in [5.41, 5.74) is 0.357. The zero-order valence-corrected chi connectivity index (χ0v) is 15.4. The van der Waals surface area contributed by atoms with E-state index in [1.54, 1.807) is 43.5 Å². The number of nitriles is 2. The molecule has 132 valence electrons. The Hall–Kier alpha value is -3.32. The highest BCUT2D eigenvalue weighted by Gasteiger charge is 2.16. The van der Waals surface area contributed by atoms with Gasteiger partial charge in [0.25, 0.3) is 5.56 Å². The van der Waals surface area contributed by atoms with Crippen LogP contribution in [0, 0.1) is 29.6 Å². The van der Waals surface area contributed by atoms with Crippen molar-refractivity contribution in [2.45, 2.75) is 6.92 Å². The number of halogens is 2. The van der Waals surface area contributed by atoms with E-state index < -0.39 is 5.56 Å². The molecule has 2 heterocycles. The number of hydrogen-bond acceptors (Lipinski definition) is 5. The van der Waals surface area contributed by atoms with E-state index in [-0.39, 0.29) is 27.8 Å². The van der Waals surface area contributed by atoms with Crippen LogP contribution in [-0.2, 0) is 0 Å². The summed E-state index contributed by atoms with van der Waals surface area (Å²) in [5.74, 6) is 0.164. The standard InChI is InChI=1S/C19H10Cl2N4O2/c1-11-3-2-6-25-17(11)24-18(14(19(25)26)7-12(9-22)10-23)27-16-5-4-13(20)8-15(16)21/h2-8H,1H3. The van der Waals surface area contributed by atoms with Crippen molar-refractivity contribution < 1.29 is 4.74 Å². The van der Waals surface area contributed by atoms with Gasteiger partial charge in [-0.25, -0.2) is 0 Å². The predicted octanol–water partition coefficient (Wildman–Crippen LogP) is 4.53. The number of ether oxygens (including phenoxy) is 1. The number of benzene rings is 1. The van der Waals surface area contributed by atoms with E-state index in [1.807, 2.05) is 0 Å². The monoisotopic (exact) mass is 396 g/mol. The molecule has 0 saturated heterocycles. The fourth-order valence-electron chi connectivity index (χ4n) is 2.39. The molecule has 2 aromatic heterocycles. The zero-order valence-electron chi connectivity index (χ0n) is 13.9. The number of allylic oxidation sites excluding steroid dienone is 1. The van der Waals surface area contributed by atoms with Crippen molar-refractivity contribution in [3.05, 3.63) is 73.6 Å². The lowest BCUT2D eigenvalue weighted by Crippen LogP contribution is -2.19. The highest BCUT2D eigenvalue weighted by molar-refractivity contribution is 6.35. The van der Waals surface area contributed by atoms with Crippen molar-refractivity contribution in [2.24, 2.45) is 0 Å². The van der Waals surface area contributed by atoms with Gasteiger partial charge in [-0.05, 0) is 42.8 Å². The SMILES string of the molecule is Cc1cccn2c(=O)c(C=C(C#N)C#N)c(Oc3ccc(Cl)cc3Cl)nc12. The Labute approximate surface area is 164 Å². The summed E-state index contributed by atoms with van der Waals surface area (Å²) >= 11 is 12.0. The van der Waals surface area contributed by atoms with E-state index in [0.717, 1.165) is 11.6 Å². The van der Waals surface area contributed by atoms with Crippen LogP contribution in [0.4, 0.5) is 0 Å². The molecule has 0 aliphatic heterocycles. The third kappa shape index (κ3) is 3.63. The van der Waals surface area contributed by atoms with E-state index in [1.165, 1.54) is 16.5 Å². The molecule has 0 amide bonds. The molecule has 27 heavy (non-hydrogen) atoms. The van der Waals surface area contributed by atoms with Gasteiger partial charge in [0, 0.05) is 11.2 Å². The first-order chi connectivity index (χ1) is 12.9. The molecule has 0 radical (unpaired) electrons. The van der Waals surface area contributed by atoms with Crippen LogP contribution in [0.25, 0.3) is 11.7 Å². The van der Waals surface area contributed by atoms with Gasteiger partial charge >= 0.3 is 0 Å². The molecule has 3 aromatic rings. The molecule has 1 aromatic carbocycles. The van der Waals surface area contributed by atoms with E-state index >= 15 is 0 Å². The fraction of sp³-hybridized carbons (Fsp3) is 0.0526. The van der Waals surface area contributed by atoms with Crippen molar-refractivity contribution in [2.75, 3.05) is 0 Å². The smallest absolute Gasteiger partial charge is 0.269 e. The Morgan fingerprint density at radius 2 is 2.00 bits per heavy atom. The summed E-state index contributed by atoms with van der Waals surface area (Å²) in [5, 5.41) is 18.7. The molecule has 3 rings (SSSR count). The third-order valence-corrected chi connectivity index (χ3v) is 4.21. The summed E-state index contributed by atoms with van der Waals surface area (Å²) in [6, 6.07) is 11.5. The Morgan fingerprint density at radius 1 is 1.26 bits per heavy atom. The predicted molar refractivity (Wildman–Crippen MR) is 102 cm³/mol. The van der Waals surface area contributed by atoms with Crippen molar-refractivity contribution in [1.82, 2.24) is 9.38 Å². The average molecular weight is 397 g/mol. The van der Waals surface area contributed by atoms with Crippen LogP contribution in [0.3, 0.4) is 0 Å². The zero-order chi connectivity index (χ0) is 19.6. The molecule has 0 atom stereocenters. The average Bonchev–Trinajstić information content (AvgIpc) is 2.65. The molecule has 0 N–H and O–H groups in total. The van der Waals surface area contributed by atoms with Crippen LogP contribution in [0.2, 0.25) is 10.0 Å². The number of aromatic nitrogens is 2. The second-order valence-electron chi connectivity index (χ2n) is 5.48. The Balaban J connectivity index is 2.30. The molecule has 6 nitrogen and oxygen atoms in total. The van der Waals surface area contributed by atoms with Gasteiger partial charge in [-0.1, -0.05) is 29.3 Å². The van der Waals surface area contributed by atoms with Gasteiger partial charge in [0.2, 0.25) is 5.88 Å². The van der Waals surface area contributed by atoms with Crippen LogP contribution in [0.1, 0.15) is 11.1 Å². The van der Waals surface area contributed by atoms with E-state index in [0.29, 0.717) is 10.7 Å². The molecule has 0 spiro atoms. The first-order valence-electron chi connectivity index (χ1n) is 7.61. The lowest BCUT2D eigenvalue weighted by molar-refractivity contribution is 0.461. The summed E-state index contributed by atoms with van der Waals surface area (Å²) in [4.78, 5) is 17.3. The number of rotatable bonds is 3. The van der Waals surface area contributed by atoms with Gasteiger partial charge in [-0.2, -0.15) is 15.5 Å². The van der Waals surface area contributed by atoms with Gasteiger partial charge in [0.1, 0.15) is 34.7 Å². The second-order valence-corrected chi connectivity index (χ2v) is 6.32. The lowest BCUT2D eigenvalue weighted by Gasteiger charge is -2.12. The van der Waals surface area contributed by atoms with E-state index in [9.17, 15) is 4.79 Å². The molecule has 0 aliphatic carbocycles. The van der Waals surface area contributed by atoms with Crippen LogP contribution < -0.4 is 10.3 Å². The Morgan fingerprint density at radius 3 is 2.67 bits per heavy atom. The molecule has 0 aliphatic rings. The van der Waals surface area contributed by atoms with Crippen LogP contribution in [-0.4, -0.2) is 9.38 Å². The third-order valence-electron chi connectivity index (χ3n) is 3.68. The first-order valence-corrected chi connectivity index (χ1v) is 8.37. The fourth-order valence-corrected chi connectivity index (χ4v) is 2.84. The molecule has 0 bridgehead atoms. The largest absolute Gasteiger partial charge is 0.437 e. The summed E-state index contributed by atoms with van der Waals surface area (Å²) < 4.78 is 7.07. The number of nitrogens with zero attached hydrogens (tertiary/aromatic N) is 4. The molecule has 0 fully saturated rings. The molecule has 0 unspecified atom stereocenters. The Kier molecular flexibility index (Phi) is 5.14. The highest BCUT2D eigenvalue weighted by atomic mass is 35.5. The summed E-state index contributed by atoms with van der Waals surface area (Å²) in [6.07, 6.45) is 2.69. The summed E-state index contributed by atoms with van der Waals surface area (Å²) in [6.45, 7) is 1.80. The molecular weight excluding hydrogens is 387 g/mol. The topological polar surface area (TPSA) is 91.2 Å². The van der Waals surface area contributed by atoms with Crippen LogP contribution >= 0.6 is 23.2 Å². The minimum atomic E-state index is -0.480. The van der Waals surface area contributed by atoms with Gasteiger partial charge < -0.3 is 4.74 Å². The van der Waals surface area contributed by atoms with Crippen LogP contribution in [0.5, 0.6) is 11.6 Å². The first kappa shape index (κ1) is 18.5. The minimum absolute atomic E-state index is 0.0396. The molecule has 0 saturated carbocycles. The number of fused-ring (bicyclic) bond motifs is 1. The van der Waals surface area contributed by atoms with Gasteiger partial charge in [0.05, 0.1) is 5.02 Å². The second kappa shape index (κ2) is 7.51. The number of hydrogen-bond donors (Lipinski definition) is 0. The van der Waals surface area contributed by atoms with Crippen molar-refractivity contribution in [3.63, 3.8) is 0 Å². The lowest BCUT2D eigenvalue weighted by atomic mass is 10.2. The van der Waals surface area contributed by atoms with Gasteiger partial charge in [-0.3, -0.25) is 9.20 Å². The van der Waals surface area contributed by atoms with Crippen molar-refractivity contribution in [3.8, 4) is 23.8 Å². The van der Waals surface area contributed by atoms with Crippen LogP contribution in [0.15, 0.2) is 46.9 Å². The molecular formula is C19H10Cl2N4O2. The van der Waals surface area contributed by atoms with Gasteiger partial charge in [-0.15, -0.1) is 0 Å². The van der Waals surface area contributed by atoms with E-state index in [2.05, 4.69) is 4.98 Å². The maximum absolute atomic E-state index is 12.9. The quantitative estimate of drug-likeness (QED) is 0.606. The number of pyridine rings is 1. The Bertz CT molecular complexity index is 1220. The number of aryl methyl sites for hydroxylation is 1. The molecule has 8 heteroatoms. The van der Waals surface area contributed by atoms with Crippen molar-refractivity contribution in [1.29, 1.82) is 10.5 Å². The maximum atomic E-state index is 12.9. The van der Waals surface area contributed by atoms with E-state index in [4.69, 9.17) is 38.5 Å². The maximum Gasteiger partial charge on any atom is 0.269 e.